The van der Waals surface area contributed by atoms with Crippen molar-refractivity contribution in [3.05, 3.63) is 54.3 Å². The first-order valence-corrected chi connectivity index (χ1v) is 10.6. The van der Waals surface area contributed by atoms with E-state index in [9.17, 15) is 17.6 Å². The van der Waals surface area contributed by atoms with E-state index in [0.717, 1.165) is 0 Å². The number of piperidine rings is 1. The highest BCUT2D eigenvalue weighted by Crippen LogP contribution is 2.26. The zero-order chi connectivity index (χ0) is 20.1. The van der Waals surface area contributed by atoms with Crippen molar-refractivity contribution in [2.45, 2.75) is 24.7 Å². The van der Waals surface area contributed by atoms with Crippen LogP contribution in [0.1, 0.15) is 19.8 Å². The highest BCUT2D eigenvalue weighted by molar-refractivity contribution is 7.89. The third kappa shape index (κ3) is 4.69. The number of sulfonamides is 1. The summed E-state index contributed by atoms with van der Waals surface area (Å²) >= 11 is 0. The fourth-order valence-electron chi connectivity index (χ4n) is 3.16. The van der Waals surface area contributed by atoms with Gasteiger partial charge in [-0.1, -0.05) is 0 Å². The van der Waals surface area contributed by atoms with Crippen LogP contribution in [0.15, 0.2) is 53.4 Å². The van der Waals surface area contributed by atoms with Gasteiger partial charge in [0.25, 0.3) is 0 Å². The van der Waals surface area contributed by atoms with Crippen molar-refractivity contribution in [1.29, 1.82) is 0 Å². The Hall–Kier alpha value is -2.45. The summed E-state index contributed by atoms with van der Waals surface area (Å²) in [6.45, 7) is 2.93. The molecule has 1 aliphatic heterocycles. The van der Waals surface area contributed by atoms with Gasteiger partial charge in [-0.2, -0.15) is 4.31 Å². The van der Waals surface area contributed by atoms with Gasteiger partial charge in [0.1, 0.15) is 11.6 Å². The maximum Gasteiger partial charge on any atom is 0.243 e. The molecule has 3 rings (SSSR count). The summed E-state index contributed by atoms with van der Waals surface area (Å²) in [4.78, 5) is 12.6. The summed E-state index contributed by atoms with van der Waals surface area (Å²) in [5.74, 6) is -0.204. The zero-order valence-corrected chi connectivity index (χ0v) is 16.4. The molecular weight excluding hydrogens is 383 g/mol. The summed E-state index contributed by atoms with van der Waals surface area (Å²) in [6, 6.07) is 11.9. The van der Waals surface area contributed by atoms with Gasteiger partial charge in [0, 0.05) is 24.7 Å². The van der Waals surface area contributed by atoms with Crippen LogP contribution in [0.2, 0.25) is 0 Å². The van der Waals surface area contributed by atoms with Crippen LogP contribution in [-0.2, 0) is 14.8 Å². The van der Waals surface area contributed by atoms with Crippen molar-refractivity contribution in [2.24, 2.45) is 5.92 Å². The number of ether oxygens (including phenoxy) is 1. The number of carbonyl (C=O) groups is 1. The lowest BCUT2D eigenvalue weighted by Gasteiger charge is -2.30. The molecule has 0 spiro atoms. The number of hydrogen-bond acceptors (Lipinski definition) is 4. The van der Waals surface area contributed by atoms with E-state index in [4.69, 9.17) is 4.74 Å². The van der Waals surface area contributed by atoms with E-state index in [1.165, 1.54) is 40.7 Å². The number of nitrogens with one attached hydrogen (secondary N) is 1. The number of halogens is 1. The van der Waals surface area contributed by atoms with Crippen LogP contribution in [-0.4, -0.2) is 38.3 Å². The van der Waals surface area contributed by atoms with E-state index in [0.29, 0.717) is 30.9 Å². The van der Waals surface area contributed by atoms with Crippen LogP contribution in [0.4, 0.5) is 10.1 Å². The molecule has 2 aromatic rings. The first-order valence-electron chi connectivity index (χ1n) is 9.19. The summed E-state index contributed by atoms with van der Waals surface area (Å²) in [5, 5.41) is 2.75. The normalized spacial score (nSPS) is 15.9. The Morgan fingerprint density at radius 1 is 1.11 bits per heavy atom. The number of nitrogens with zero attached hydrogens (tertiary/aromatic N) is 1. The van der Waals surface area contributed by atoms with Gasteiger partial charge in [-0.3, -0.25) is 4.79 Å². The van der Waals surface area contributed by atoms with Gasteiger partial charge in [-0.15, -0.1) is 0 Å². The molecule has 6 nitrogen and oxygen atoms in total. The molecule has 150 valence electrons. The van der Waals surface area contributed by atoms with Crippen molar-refractivity contribution >= 4 is 21.6 Å². The molecule has 1 saturated heterocycles. The van der Waals surface area contributed by atoms with Gasteiger partial charge >= 0.3 is 0 Å². The van der Waals surface area contributed by atoms with Gasteiger partial charge in [0.05, 0.1) is 11.5 Å². The lowest BCUT2D eigenvalue weighted by atomic mass is 9.97. The van der Waals surface area contributed by atoms with Crippen molar-refractivity contribution < 1.29 is 22.3 Å². The summed E-state index contributed by atoms with van der Waals surface area (Å²) in [6.07, 6.45) is 0.868. The highest BCUT2D eigenvalue weighted by Gasteiger charge is 2.32. The van der Waals surface area contributed by atoms with Crippen molar-refractivity contribution in [1.82, 2.24) is 4.31 Å². The van der Waals surface area contributed by atoms with Crippen molar-refractivity contribution in [2.75, 3.05) is 25.0 Å². The molecule has 1 amide bonds. The van der Waals surface area contributed by atoms with Crippen LogP contribution >= 0.6 is 0 Å². The van der Waals surface area contributed by atoms with E-state index in [2.05, 4.69) is 5.32 Å². The van der Waals surface area contributed by atoms with Gasteiger partial charge in [0.2, 0.25) is 15.9 Å². The molecule has 1 aliphatic rings. The highest BCUT2D eigenvalue weighted by atomic mass is 32.2. The lowest BCUT2D eigenvalue weighted by molar-refractivity contribution is -0.120. The molecule has 8 heteroatoms. The Bertz CT molecular complexity index is 906. The SMILES string of the molecule is CCOc1ccc(S(=O)(=O)N2CCC(C(=O)Nc3ccc(F)cc3)CC2)cc1. The third-order valence-electron chi connectivity index (χ3n) is 4.71. The maximum atomic E-state index is 13.0. The predicted molar refractivity (Wildman–Crippen MR) is 104 cm³/mol. The second-order valence-electron chi connectivity index (χ2n) is 6.58. The number of rotatable bonds is 6. The number of hydrogen-bond donors (Lipinski definition) is 1. The Morgan fingerprint density at radius 3 is 2.29 bits per heavy atom. The number of amides is 1. The Balaban J connectivity index is 1.59. The predicted octanol–water partition coefficient (Wildman–Crippen LogP) is 3.26. The van der Waals surface area contributed by atoms with Gasteiger partial charge in [0.15, 0.2) is 0 Å². The minimum absolute atomic E-state index is 0.176. The molecule has 0 unspecified atom stereocenters. The van der Waals surface area contributed by atoms with Gasteiger partial charge in [-0.25, -0.2) is 12.8 Å². The standard InChI is InChI=1S/C20H23FN2O4S/c1-2-27-18-7-9-19(10-8-18)28(25,26)23-13-11-15(12-14-23)20(24)22-17-5-3-16(21)4-6-17/h3-10,15H,2,11-14H2,1H3,(H,22,24). The molecular formula is C20H23FN2O4S. The van der Waals surface area contributed by atoms with Crippen LogP contribution in [0.5, 0.6) is 5.75 Å². The largest absolute Gasteiger partial charge is 0.494 e. The summed E-state index contributed by atoms with van der Waals surface area (Å²) < 4.78 is 45.3. The van der Waals surface area contributed by atoms with E-state index in [1.54, 1.807) is 12.1 Å². The van der Waals surface area contributed by atoms with E-state index in [1.807, 2.05) is 6.92 Å². The monoisotopic (exact) mass is 406 g/mol. The molecule has 2 aromatic carbocycles. The van der Waals surface area contributed by atoms with Crippen molar-refractivity contribution in [3.63, 3.8) is 0 Å². The summed E-state index contributed by atoms with van der Waals surface area (Å²) in [7, 11) is -3.60. The second-order valence-corrected chi connectivity index (χ2v) is 8.52. The van der Waals surface area contributed by atoms with E-state index < -0.39 is 10.0 Å². The first-order chi connectivity index (χ1) is 13.4. The number of benzene rings is 2. The second kappa shape index (κ2) is 8.70. The van der Waals surface area contributed by atoms with Crippen LogP contribution in [0.25, 0.3) is 0 Å². The molecule has 0 bridgehead atoms. The molecule has 0 aromatic heterocycles. The smallest absolute Gasteiger partial charge is 0.243 e. The maximum absolute atomic E-state index is 13.0. The average molecular weight is 406 g/mol. The molecule has 0 saturated carbocycles. The molecule has 0 atom stereocenters. The fraction of sp³-hybridized carbons (Fsp3) is 0.350. The fourth-order valence-corrected chi connectivity index (χ4v) is 4.63. The van der Waals surface area contributed by atoms with E-state index >= 15 is 0 Å². The molecule has 1 fully saturated rings. The molecule has 1 heterocycles. The molecule has 0 radical (unpaired) electrons. The Labute approximate surface area is 164 Å². The quantitative estimate of drug-likeness (QED) is 0.799. The summed E-state index contributed by atoms with van der Waals surface area (Å²) in [5.41, 5.74) is 0.524. The zero-order valence-electron chi connectivity index (χ0n) is 15.6. The first kappa shape index (κ1) is 20.3. The Morgan fingerprint density at radius 2 is 1.71 bits per heavy atom. The number of anilines is 1. The van der Waals surface area contributed by atoms with Crippen molar-refractivity contribution in [3.8, 4) is 5.75 Å². The molecule has 1 N–H and O–H groups in total. The van der Waals surface area contributed by atoms with Crippen LogP contribution < -0.4 is 10.1 Å². The number of carbonyl (C=O) groups excluding carboxylic acids is 1. The van der Waals surface area contributed by atoms with Crippen LogP contribution in [0, 0.1) is 11.7 Å². The van der Waals surface area contributed by atoms with Gasteiger partial charge in [-0.05, 0) is 68.3 Å². The average Bonchev–Trinajstić information content (AvgIpc) is 2.70. The Kier molecular flexibility index (Phi) is 6.31. The molecule has 0 aliphatic carbocycles. The minimum atomic E-state index is -3.60. The van der Waals surface area contributed by atoms with E-state index in [-0.39, 0.29) is 35.6 Å². The lowest BCUT2D eigenvalue weighted by Crippen LogP contribution is -2.41. The topological polar surface area (TPSA) is 75.7 Å². The molecule has 28 heavy (non-hydrogen) atoms. The third-order valence-corrected chi connectivity index (χ3v) is 6.62. The van der Waals surface area contributed by atoms with Gasteiger partial charge < -0.3 is 10.1 Å². The minimum Gasteiger partial charge on any atom is -0.494 e. The van der Waals surface area contributed by atoms with Crippen LogP contribution in [0.3, 0.4) is 0 Å².